The molecule has 2 rings (SSSR count). The highest BCUT2D eigenvalue weighted by atomic mass is 127. The lowest BCUT2D eigenvalue weighted by molar-refractivity contribution is 0.432. The second kappa shape index (κ2) is 3.90. The number of hydrogen-bond donors (Lipinski definition) is 0. The Morgan fingerprint density at radius 2 is 2.21 bits per heavy atom. The van der Waals surface area contributed by atoms with Crippen molar-refractivity contribution in [2.24, 2.45) is 0 Å². The number of benzene rings is 1. The molecule has 0 aliphatic rings. The summed E-state index contributed by atoms with van der Waals surface area (Å²) in [5.74, 6) is 0.735. The summed E-state index contributed by atoms with van der Waals surface area (Å²) in [5, 5.41) is 4.12. The fourth-order valence-electron chi connectivity index (χ4n) is 1.23. The van der Waals surface area contributed by atoms with E-state index in [1.165, 1.54) is 5.56 Å². The Hall–Kier alpha value is -0.550. The number of halogens is 2. The molecule has 1 aromatic carbocycles. The highest BCUT2D eigenvalue weighted by molar-refractivity contribution is 14.1. The van der Waals surface area contributed by atoms with Crippen LogP contribution in [-0.2, 0) is 0 Å². The summed E-state index contributed by atoms with van der Waals surface area (Å²) < 4.78 is 6.00. The van der Waals surface area contributed by atoms with E-state index in [-0.39, 0.29) is 0 Å². The molecule has 0 N–H and O–H groups in total. The smallest absolute Gasteiger partial charge is 0.186 e. The first-order valence-corrected chi connectivity index (χ1v) is 5.52. The van der Waals surface area contributed by atoms with Crippen molar-refractivity contribution < 1.29 is 4.52 Å². The lowest BCUT2D eigenvalue weighted by atomic mass is 10.1. The van der Waals surface area contributed by atoms with Gasteiger partial charge in [-0.05, 0) is 35.6 Å². The first-order valence-electron chi connectivity index (χ1n) is 4.06. The molecule has 0 fully saturated rings. The van der Waals surface area contributed by atoms with Crippen LogP contribution in [0.25, 0.3) is 11.3 Å². The van der Waals surface area contributed by atoms with E-state index in [0.29, 0.717) is 5.15 Å². The minimum atomic E-state index is 0.419. The van der Waals surface area contributed by atoms with Crippen molar-refractivity contribution in [2.75, 3.05) is 0 Å². The van der Waals surface area contributed by atoms with Crippen LogP contribution in [0.4, 0.5) is 0 Å². The monoisotopic (exact) mass is 319 g/mol. The SMILES string of the molecule is Cc1cccc(-c2onc(Cl)c2I)c1. The molecule has 72 valence electrons. The van der Waals surface area contributed by atoms with Crippen molar-refractivity contribution in [3.05, 3.63) is 38.6 Å². The molecule has 14 heavy (non-hydrogen) atoms. The molecule has 0 atom stereocenters. The minimum Gasteiger partial charge on any atom is -0.354 e. The standard InChI is InChI=1S/C10H7ClINO/c1-6-3-2-4-7(5-6)9-8(12)10(11)13-14-9/h2-5H,1H3. The highest BCUT2D eigenvalue weighted by Crippen LogP contribution is 2.30. The Bertz CT molecular complexity index is 467. The fourth-order valence-corrected chi connectivity index (χ4v) is 1.85. The molecule has 0 aliphatic carbocycles. The van der Waals surface area contributed by atoms with Crippen molar-refractivity contribution in [3.8, 4) is 11.3 Å². The Kier molecular flexibility index (Phi) is 2.78. The molecule has 2 aromatic rings. The summed E-state index contributed by atoms with van der Waals surface area (Å²) in [7, 11) is 0. The number of aryl methyl sites for hydroxylation is 1. The molecule has 0 saturated heterocycles. The molecule has 1 heterocycles. The molecule has 0 radical (unpaired) electrons. The summed E-state index contributed by atoms with van der Waals surface area (Å²) >= 11 is 7.93. The summed E-state index contributed by atoms with van der Waals surface area (Å²) in [6.45, 7) is 2.04. The Morgan fingerprint density at radius 1 is 1.43 bits per heavy atom. The molecule has 1 aromatic heterocycles. The number of nitrogens with zero attached hydrogens (tertiary/aromatic N) is 1. The van der Waals surface area contributed by atoms with Gasteiger partial charge in [0.05, 0.1) is 3.57 Å². The van der Waals surface area contributed by atoms with Crippen LogP contribution in [0.2, 0.25) is 5.15 Å². The maximum atomic E-state index is 5.81. The molecular weight excluding hydrogens is 312 g/mol. The normalized spacial score (nSPS) is 10.5. The van der Waals surface area contributed by atoms with E-state index in [1.54, 1.807) is 0 Å². The van der Waals surface area contributed by atoms with E-state index in [2.05, 4.69) is 27.7 Å². The van der Waals surface area contributed by atoms with Crippen LogP contribution in [0.3, 0.4) is 0 Å². The molecular formula is C10H7ClINO. The van der Waals surface area contributed by atoms with E-state index in [0.717, 1.165) is 14.9 Å². The number of rotatable bonds is 1. The second-order valence-corrected chi connectivity index (χ2v) is 4.42. The van der Waals surface area contributed by atoms with E-state index < -0.39 is 0 Å². The van der Waals surface area contributed by atoms with Gasteiger partial charge >= 0.3 is 0 Å². The zero-order valence-electron chi connectivity index (χ0n) is 7.42. The van der Waals surface area contributed by atoms with Gasteiger partial charge in [0.15, 0.2) is 10.9 Å². The third-order valence-corrected chi connectivity index (χ3v) is 3.46. The van der Waals surface area contributed by atoms with E-state index in [1.807, 2.05) is 31.2 Å². The Morgan fingerprint density at radius 3 is 2.79 bits per heavy atom. The van der Waals surface area contributed by atoms with Crippen molar-refractivity contribution in [1.82, 2.24) is 5.16 Å². The lowest BCUT2D eigenvalue weighted by Gasteiger charge is -1.97. The minimum absolute atomic E-state index is 0.419. The summed E-state index contributed by atoms with van der Waals surface area (Å²) in [4.78, 5) is 0. The zero-order valence-corrected chi connectivity index (χ0v) is 10.3. The van der Waals surface area contributed by atoms with Gasteiger partial charge in [-0.3, -0.25) is 0 Å². The van der Waals surface area contributed by atoms with Gasteiger partial charge in [-0.2, -0.15) is 0 Å². The van der Waals surface area contributed by atoms with Crippen LogP contribution in [0.1, 0.15) is 5.56 Å². The first-order chi connectivity index (χ1) is 6.68. The molecule has 4 heteroatoms. The predicted octanol–water partition coefficient (Wildman–Crippen LogP) is 3.91. The van der Waals surface area contributed by atoms with Gasteiger partial charge < -0.3 is 4.52 Å². The van der Waals surface area contributed by atoms with Gasteiger partial charge in [-0.1, -0.05) is 40.5 Å². The van der Waals surface area contributed by atoms with Crippen LogP contribution < -0.4 is 0 Å². The van der Waals surface area contributed by atoms with Gasteiger partial charge in [-0.25, -0.2) is 0 Å². The molecule has 0 unspecified atom stereocenters. The van der Waals surface area contributed by atoms with Gasteiger partial charge in [0.2, 0.25) is 0 Å². The summed E-state index contributed by atoms with van der Waals surface area (Å²) in [6, 6.07) is 8.04. The largest absolute Gasteiger partial charge is 0.354 e. The summed E-state index contributed by atoms with van der Waals surface area (Å²) in [6.07, 6.45) is 0. The van der Waals surface area contributed by atoms with Crippen molar-refractivity contribution in [1.29, 1.82) is 0 Å². The van der Waals surface area contributed by atoms with E-state index in [4.69, 9.17) is 16.1 Å². The predicted molar refractivity (Wildman–Crippen MR) is 64.4 cm³/mol. The average molecular weight is 320 g/mol. The first kappa shape index (κ1) is 9.98. The van der Waals surface area contributed by atoms with E-state index in [9.17, 15) is 0 Å². The molecule has 0 spiro atoms. The van der Waals surface area contributed by atoms with Gasteiger partial charge in [0.1, 0.15) is 0 Å². The lowest BCUT2D eigenvalue weighted by Crippen LogP contribution is -1.78. The molecule has 0 aliphatic heterocycles. The zero-order chi connectivity index (χ0) is 10.1. The maximum Gasteiger partial charge on any atom is 0.186 e. The van der Waals surface area contributed by atoms with Crippen LogP contribution in [0.15, 0.2) is 28.8 Å². The van der Waals surface area contributed by atoms with Gasteiger partial charge in [-0.15, -0.1) is 0 Å². The molecule has 2 nitrogen and oxygen atoms in total. The number of aromatic nitrogens is 1. The third kappa shape index (κ3) is 1.79. The average Bonchev–Trinajstić information content (AvgIpc) is 2.48. The quantitative estimate of drug-likeness (QED) is 0.745. The fraction of sp³-hybridized carbons (Fsp3) is 0.100. The molecule has 0 amide bonds. The van der Waals surface area contributed by atoms with Crippen LogP contribution in [-0.4, -0.2) is 5.16 Å². The topological polar surface area (TPSA) is 26.0 Å². The van der Waals surface area contributed by atoms with Crippen molar-refractivity contribution >= 4 is 34.2 Å². The van der Waals surface area contributed by atoms with Gasteiger partial charge in [0.25, 0.3) is 0 Å². The third-order valence-electron chi connectivity index (χ3n) is 1.88. The van der Waals surface area contributed by atoms with Crippen molar-refractivity contribution in [2.45, 2.75) is 6.92 Å². The second-order valence-electron chi connectivity index (χ2n) is 2.99. The summed E-state index contributed by atoms with van der Waals surface area (Å²) in [5.41, 5.74) is 2.19. The Labute approximate surface area is 100 Å². The maximum absolute atomic E-state index is 5.81. The number of hydrogen-bond acceptors (Lipinski definition) is 2. The molecule has 0 bridgehead atoms. The van der Waals surface area contributed by atoms with Gasteiger partial charge in [0, 0.05) is 5.56 Å². The highest BCUT2D eigenvalue weighted by Gasteiger charge is 2.13. The molecule has 0 saturated carbocycles. The van der Waals surface area contributed by atoms with Crippen LogP contribution in [0.5, 0.6) is 0 Å². The van der Waals surface area contributed by atoms with Crippen LogP contribution in [0, 0.1) is 10.5 Å². The van der Waals surface area contributed by atoms with Crippen LogP contribution >= 0.6 is 34.2 Å². The Balaban J connectivity index is 2.55. The van der Waals surface area contributed by atoms with E-state index >= 15 is 0 Å². The van der Waals surface area contributed by atoms with Crippen molar-refractivity contribution in [3.63, 3.8) is 0 Å².